The maximum atomic E-state index is 12.3. The summed E-state index contributed by atoms with van der Waals surface area (Å²) in [7, 11) is 0. The van der Waals surface area contributed by atoms with Gasteiger partial charge in [-0.05, 0) is 37.5 Å². The molecule has 3 rings (SSSR count). The van der Waals surface area contributed by atoms with Crippen molar-refractivity contribution in [3.8, 4) is 11.4 Å². The van der Waals surface area contributed by atoms with Gasteiger partial charge >= 0.3 is 5.69 Å². The van der Waals surface area contributed by atoms with Gasteiger partial charge in [-0.1, -0.05) is 6.07 Å². The molecule has 0 atom stereocenters. The topological polar surface area (TPSA) is 80.6 Å². The number of H-pyrrole nitrogens is 1. The van der Waals surface area contributed by atoms with Crippen molar-refractivity contribution in [2.45, 2.75) is 19.9 Å². The number of nitrogens with one attached hydrogen (secondary N) is 1. The van der Waals surface area contributed by atoms with Gasteiger partial charge in [0.2, 0.25) is 0 Å². The molecule has 3 heterocycles. The highest BCUT2D eigenvalue weighted by Gasteiger charge is 2.17. The summed E-state index contributed by atoms with van der Waals surface area (Å²) in [5, 5.41) is 0. The van der Waals surface area contributed by atoms with Crippen molar-refractivity contribution in [1.29, 1.82) is 0 Å². The largest absolute Gasteiger partial charge is 0.329 e. The molecule has 0 saturated heterocycles. The third kappa shape index (κ3) is 1.87. The van der Waals surface area contributed by atoms with Crippen LogP contribution < -0.4 is 11.2 Å². The van der Waals surface area contributed by atoms with Gasteiger partial charge in [0.25, 0.3) is 5.56 Å². The highest BCUT2D eigenvalue weighted by atomic mass is 32.1. The summed E-state index contributed by atoms with van der Waals surface area (Å²) in [6.07, 6.45) is 1.65. The zero-order valence-corrected chi connectivity index (χ0v) is 11.8. The lowest BCUT2D eigenvalue weighted by Crippen LogP contribution is -2.35. The van der Waals surface area contributed by atoms with Crippen molar-refractivity contribution in [1.82, 2.24) is 18.9 Å². The van der Waals surface area contributed by atoms with Gasteiger partial charge in [0.15, 0.2) is 0 Å². The van der Waals surface area contributed by atoms with Crippen LogP contribution in [0.3, 0.4) is 0 Å². The standard InChI is InChI=1S/C13H12N4O2S/c1-7(2)17-12(18)11-10(15-13(17)19)9(16-20-11)8-5-3-4-6-14-8/h3-7H,1-2H3,(H,15,19). The van der Waals surface area contributed by atoms with E-state index in [4.69, 9.17) is 0 Å². The van der Waals surface area contributed by atoms with Crippen molar-refractivity contribution in [3.05, 3.63) is 45.2 Å². The Morgan fingerprint density at radius 2 is 2.10 bits per heavy atom. The lowest BCUT2D eigenvalue weighted by Gasteiger charge is -2.07. The maximum Gasteiger partial charge on any atom is 0.329 e. The molecule has 0 amide bonds. The monoisotopic (exact) mass is 288 g/mol. The number of rotatable bonds is 2. The summed E-state index contributed by atoms with van der Waals surface area (Å²) in [4.78, 5) is 31.3. The predicted octanol–water partition coefficient (Wildman–Crippen LogP) is 1.79. The van der Waals surface area contributed by atoms with E-state index in [2.05, 4.69) is 14.3 Å². The minimum atomic E-state index is -0.421. The molecule has 0 aromatic carbocycles. The lowest BCUT2D eigenvalue weighted by molar-refractivity contribution is 0.553. The molecule has 20 heavy (non-hydrogen) atoms. The normalized spacial score (nSPS) is 11.3. The summed E-state index contributed by atoms with van der Waals surface area (Å²) in [6.45, 7) is 3.59. The molecule has 7 heteroatoms. The smallest absolute Gasteiger partial charge is 0.304 e. The molecule has 0 fully saturated rings. The fraction of sp³-hybridized carbons (Fsp3) is 0.231. The van der Waals surface area contributed by atoms with E-state index in [0.29, 0.717) is 21.6 Å². The second-order valence-corrected chi connectivity index (χ2v) is 5.42. The molecule has 0 unspecified atom stereocenters. The maximum absolute atomic E-state index is 12.3. The van der Waals surface area contributed by atoms with Crippen LogP contribution in [-0.4, -0.2) is 18.9 Å². The van der Waals surface area contributed by atoms with Crippen LogP contribution in [0.4, 0.5) is 0 Å². The lowest BCUT2D eigenvalue weighted by atomic mass is 10.2. The number of hydrogen-bond acceptors (Lipinski definition) is 5. The molecule has 6 nitrogen and oxygen atoms in total. The van der Waals surface area contributed by atoms with Gasteiger partial charge in [-0.25, -0.2) is 4.79 Å². The first-order valence-corrected chi connectivity index (χ1v) is 6.92. The van der Waals surface area contributed by atoms with Crippen LogP contribution >= 0.6 is 11.5 Å². The minimum Gasteiger partial charge on any atom is -0.304 e. The molecule has 0 saturated carbocycles. The molecule has 3 aromatic heterocycles. The molecule has 102 valence electrons. The molecule has 1 N–H and O–H groups in total. The summed E-state index contributed by atoms with van der Waals surface area (Å²) < 4.78 is 5.90. The fourth-order valence-electron chi connectivity index (χ4n) is 2.07. The van der Waals surface area contributed by atoms with E-state index < -0.39 is 5.69 Å². The van der Waals surface area contributed by atoms with Crippen LogP contribution in [0.25, 0.3) is 21.6 Å². The number of fused-ring (bicyclic) bond motifs is 1. The van der Waals surface area contributed by atoms with Gasteiger partial charge in [0, 0.05) is 12.2 Å². The van der Waals surface area contributed by atoms with Gasteiger partial charge < -0.3 is 4.98 Å². The first-order valence-electron chi connectivity index (χ1n) is 6.15. The summed E-state index contributed by atoms with van der Waals surface area (Å²) in [6, 6.07) is 5.23. The summed E-state index contributed by atoms with van der Waals surface area (Å²) >= 11 is 1.08. The van der Waals surface area contributed by atoms with Crippen LogP contribution in [0.15, 0.2) is 34.0 Å². The molecule has 0 radical (unpaired) electrons. The molecule has 0 aliphatic carbocycles. The average molecular weight is 288 g/mol. The first kappa shape index (κ1) is 12.7. The molecular formula is C13H12N4O2S. The Labute approximate surface area is 117 Å². The Hall–Kier alpha value is -2.28. The molecule has 0 bridgehead atoms. The van der Waals surface area contributed by atoms with Gasteiger partial charge in [0.1, 0.15) is 10.4 Å². The van der Waals surface area contributed by atoms with Gasteiger partial charge in [-0.15, -0.1) is 0 Å². The van der Waals surface area contributed by atoms with E-state index in [1.807, 2.05) is 6.07 Å². The van der Waals surface area contributed by atoms with Crippen molar-refractivity contribution in [3.63, 3.8) is 0 Å². The molecule has 0 spiro atoms. The Morgan fingerprint density at radius 1 is 1.30 bits per heavy atom. The van der Waals surface area contributed by atoms with E-state index in [-0.39, 0.29) is 11.6 Å². The Morgan fingerprint density at radius 3 is 2.75 bits per heavy atom. The molecule has 3 aromatic rings. The number of aromatic amines is 1. The second kappa shape index (κ2) is 4.68. The van der Waals surface area contributed by atoms with Crippen LogP contribution in [0.5, 0.6) is 0 Å². The number of aromatic nitrogens is 4. The number of pyridine rings is 1. The van der Waals surface area contributed by atoms with E-state index in [1.54, 1.807) is 32.2 Å². The third-order valence-electron chi connectivity index (χ3n) is 2.98. The quantitative estimate of drug-likeness (QED) is 0.779. The molecule has 0 aliphatic rings. The number of hydrogen-bond donors (Lipinski definition) is 1. The second-order valence-electron chi connectivity index (χ2n) is 4.65. The Balaban J connectivity index is 2.36. The van der Waals surface area contributed by atoms with Crippen LogP contribution in [0, 0.1) is 0 Å². The highest BCUT2D eigenvalue weighted by Crippen LogP contribution is 2.24. The van der Waals surface area contributed by atoms with E-state index in [9.17, 15) is 9.59 Å². The van der Waals surface area contributed by atoms with Crippen molar-refractivity contribution in [2.24, 2.45) is 0 Å². The fourth-order valence-corrected chi connectivity index (χ4v) is 2.85. The van der Waals surface area contributed by atoms with Crippen LogP contribution in [0.2, 0.25) is 0 Å². The number of nitrogens with zero attached hydrogens (tertiary/aromatic N) is 3. The SMILES string of the molecule is CC(C)n1c(=O)[nH]c2c(-c3ccccn3)nsc2c1=O. The Bertz CT molecular complexity index is 877. The van der Waals surface area contributed by atoms with Gasteiger partial charge in [-0.2, -0.15) is 4.37 Å². The van der Waals surface area contributed by atoms with E-state index >= 15 is 0 Å². The van der Waals surface area contributed by atoms with Crippen molar-refractivity contribution in [2.75, 3.05) is 0 Å². The zero-order valence-electron chi connectivity index (χ0n) is 11.0. The molecular weight excluding hydrogens is 276 g/mol. The average Bonchev–Trinajstić information content (AvgIpc) is 2.83. The minimum absolute atomic E-state index is 0.198. The third-order valence-corrected chi connectivity index (χ3v) is 3.81. The summed E-state index contributed by atoms with van der Waals surface area (Å²) in [5.41, 5.74) is 0.903. The van der Waals surface area contributed by atoms with Gasteiger partial charge in [0.05, 0.1) is 11.2 Å². The predicted molar refractivity (Wildman–Crippen MR) is 78.1 cm³/mol. The van der Waals surface area contributed by atoms with Crippen molar-refractivity contribution < 1.29 is 0 Å². The van der Waals surface area contributed by atoms with Crippen LogP contribution in [-0.2, 0) is 0 Å². The van der Waals surface area contributed by atoms with Gasteiger partial charge in [-0.3, -0.25) is 14.3 Å². The molecule has 0 aliphatic heterocycles. The zero-order chi connectivity index (χ0) is 14.3. The van der Waals surface area contributed by atoms with E-state index in [1.165, 1.54) is 4.57 Å². The summed E-state index contributed by atoms with van der Waals surface area (Å²) in [5.74, 6) is 0. The van der Waals surface area contributed by atoms with Crippen LogP contribution in [0.1, 0.15) is 19.9 Å². The first-order chi connectivity index (χ1) is 9.59. The van der Waals surface area contributed by atoms with Crippen molar-refractivity contribution >= 4 is 21.7 Å². The van der Waals surface area contributed by atoms with E-state index in [0.717, 1.165) is 11.5 Å². The Kier molecular flexibility index (Phi) is 2.98. The highest BCUT2D eigenvalue weighted by molar-refractivity contribution is 7.13.